The highest BCUT2D eigenvalue weighted by Gasteiger charge is 2.14. The summed E-state index contributed by atoms with van der Waals surface area (Å²) < 4.78 is 6.81. The van der Waals surface area contributed by atoms with Crippen molar-refractivity contribution in [2.45, 2.75) is 20.1 Å². The van der Waals surface area contributed by atoms with E-state index in [-0.39, 0.29) is 5.95 Å². The number of rotatable bonds is 6. The van der Waals surface area contributed by atoms with E-state index in [0.29, 0.717) is 41.4 Å². The van der Waals surface area contributed by atoms with Gasteiger partial charge in [0, 0.05) is 12.7 Å². The molecule has 0 spiro atoms. The number of nitrogens with zero attached hydrogens (tertiary/aromatic N) is 7. The third-order valence-electron chi connectivity index (χ3n) is 4.69. The van der Waals surface area contributed by atoms with E-state index in [9.17, 15) is 5.26 Å². The molecule has 0 aliphatic rings. The molecule has 0 amide bonds. The number of hydrogen-bond acceptors (Lipinski definition) is 8. The molecule has 0 radical (unpaired) electrons. The highest BCUT2D eigenvalue weighted by molar-refractivity contribution is 5.73. The predicted molar refractivity (Wildman–Crippen MR) is 114 cm³/mol. The molecule has 3 heterocycles. The van der Waals surface area contributed by atoms with Crippen LogP contribution in [-0.2, 0) is 17.9 Å². The van der Waals surface area contributed by atoms with Crippen molar-refractivity contribution in [3.63, 3.8) is 0 Å². The van der Waals surface area contributed by atoms with Crippen LogP contribution < -0.4 is 5.73 Å². The van der Waals surface area contributed by atoms with Gasteiger partial charge >= 0.3 is 0 Å². The van der Waals surface area contributed by atoms with Gasteiger partial charge in [-0.15, -0.1) is 5.10 Å². The van der Waals surface area contributed by atoms with Gasteiger partial charge in [-0.25, -0.2) is 14.6 Å². The molecule has 31 heavy (non-hydrogen) atoms. The minimum absolute atomic E-state index is 0.0985. The Labute approximate surface area is 179 Å². The van der Waals surface area contributed by atoms with Gasteiger partial charge in [-0.05, 0) is 30.7 Å². The smallest absolute Gasteiger partial charge is 0.221 e. The quantitative estimate of drug-likeness (QED) is 0.512. The van der Waals surface area contributed by atoms with Crippen LogP contribution in [0.4, 0.5) is 5.95 Å². The Morgan fingerprint density at radius 1 is 1.03 bits per heavy atom. The minimum Gasteiger partial charge on any atom is -0.378 e. The molecule has 0 fully saturated rings. The molecule has 3 aromatic heterocycles. The molecule has 1 aromatic carbocycles. The van der Waals surface area contributed by atoms with Crippen LogP contribution in [0.3, 0.4) is 0 Å². The van der Waals surface area contributed by atoms with Crippen molar-refractivity contribution in [1.82, 2.24) is 29.9 Å². The van der Waals surface area contributed by atoms with Crippen LogP contribution >= 0.6 is 0 Å². The summed E-state index contributed by atoms with van der Waals surface area (Å²) in [7, 11) is 1.63. The predicted octanol–water partition coefficient (Wildman–Crippen LogP) is 2.75. The Morgan fingerprint density at radius 3 is 2.61 bits per heavy atom. The van der Waals surface area contributed by atoms with Gasteiger partial charge in [0.25, 0.3) is 0 Å². The number of ether oxygens (including phenoxy) is 1. The molecule has 4 rings (SSSR count). The monoisotopic (exact) mass is 412 g/mol. The highest BCUT2D eigenvalue weighted by Crippen LogP contribution is 2.27. The van der Waals surface area contributed by atoms with Crippen molar-refractivity contribution in [3.8, 4) is 28.7 Å². The van der Waals surface area contributed by atoms with Crippen molar-refractivity contribution >= 4 is 5.95 Å². The summed E-state index contributed by atoms with van der Waals surface area (Å²) in [6.07, 6.45) is 1.78. The van der Waals surface area contributed by atoms with Gasteiger partial charge < -0.3 is 10.5 Å². The third kappa shape index (κ3) is 4.39. The van der Waals surface area contributed by atoms with Crippen molar-refractivity contribution in [1.29, 1.82) is 5.26 Å². The fraction of sp³-hybridized carbons (Fsp3) is 0.182. The van der Waals surface area contributed by atoms with E-state index in [2.05, 4.69) is 31.3 Å². The molecule has 0 atom stereocenters. The molecular formula is C22H20N8O. The van der Waals surface area contributed by atoms with Gasteiger partial charge in [-0.3, -0.25) is 4.98 Å². The lowest BCUT2D eigenvalue weighted by molar-refractivity contribution is 0.181. The minimum atomic E-state index is 0.0985. The first-order chi connectivity index (χ1) is 15.1. The van der Waals surface area contributed by atoms with E-state index in [1.165, 1.54) is 0 Å². The standard InChI is InChI=1S/C22H20N8O/c1-14-5-3-8-17(18(14)10-23)19-9-20(27-22(24)26-19)21-12-30(29-28-21)11-15-6-4-7-16(25-15)13-31-2/h3-9,12H,11,13H2,1-2H3,(H2,24,26,27). The normalized spacial score (nSPS) is 10.7. The summed E-state index contributed by atoms with van der Waals surface area (Å²) in [4.78, 5) is 13.2. The number of nitriles is 1. The molecule has 0 aliphatic carbocycles. The van der Waals surface area contributed by atoms with Crippen molar-refractivity contribution in [2.75, 3.05) is 12.8 Å². The highest BCUT2D eigenvalue weighted by atomic mass is 16.5. The third-order valence-corrected chi connectivity index (χ3v) is 4.69. The summed E-state index contributed by atoms with van der Waals surface area (Å²) in [6.45, 7) is 2.78. The number of aryl methyl sites for hydroxylation is 1. The van der Waals surface area contributed by atoms with Gasteiger partial charge in [0.1, 0.15) is 11.8 Å². The maximum absolute atomic E-state index is 9.55. The van der Waals surface area contributed by atoms with Crippen LogP contribution in [-0.4, -0.2) is 37.1 Å². The lowest BCUT2D eigenvalue weighted by Crippen LogP contribution is -2.04. The molecule has 2 N–H and O–H groups in total. The first-order valence-electron chi connectivity index (χ1n) is 9.56. The van der Waals surface area contributed by atoms with Crippen LogP contribution in [0.25, 0.3) is 22.6 Å². The number of aromatic nitrogens is 6. The topological polar surface area (TPSA) is 128 Å². The summed E-state index contributed by atoms with van der Waals surface area (Å²) >= 11 is 0. The Morgan fingerprint density at radius 2 is 1.81 bits per heavy atom. The molecule has 4 aromatic rings. The second-order valence-corrected chi connectivity index (χ2v) is 6.96. The van der Waals surface area contributed by atoms with Crippen molar-refractivity contribution in [3.05, 3.63) is 71.2 Å². The molecule has 9 heteroatoms. The lowest BCUT2D eigenvalue weighted by Gasteiger charge is -2.08. The second kappa shape index (κ2) is 8.69. The van der Waals surface area contributed by atoms with Gasteiger partial charge in [-0.1, -0.05) is 29.5 Å². The zero-order valence-electron chi connectivity index (χ0n) is 17.1. The molecule has 154 valence electrons. The lowest BCUT2D eigenvalue weighted by atomic mass is 10.00. The van der Waals surface area contributed by atoms with Crippen LogP contribution in [0.15, 0.2) is 48.7 Å². The molecule has 0 aliphatic heterocycles. The van der Waals surface area contributed by atoms with E-state index < -0.39 is 0 Å². The van der Waals surface area contributed by atoms with Crippen LogP contribution in [0.2, 0.25) is 0 Å². The molecule has 9 nitrogen and oxygen atoms in total. The number of methoxy groups -OCH3 is 1. The Hall–Kier alpha value is -4.16. The fourth-order valence-corrected chi connectivity index (χ4v) is 3.27. The number of anilines is 1. The first-order valence-corrected chi connectivity index (χ1v) is 9.56. The van der Waals surface area contributed by atoms with Gasteiger partial charge in [0.2, 0.25) is 5.95 Å². The van der Waals surface area contributed by atoms with Gasteiger partial charge in [-0.2, -0.15) is 5.26 Å². The summed E-state index contributed by atoms with van der Waals surface area (Å²) in [5, 5.41) is 18.0. The number of nitrogen functional groups attached to an aromatic ring is 1. The van der Waals surface area contributed by atoms with E-state index in [1.807, 2.05) is 43.3 Å². The van der Waals surface area contributed by atoms with Crippen LogP contribution in [0, 0.1) is 18.3 Å². The average Bonchev–Trinajstić information content (AvgIpc) is 3.22. The number of nitrogens with two attached hydrogens (primary N) is 1. The van der Waals surface area contributed by atoms with Crippen LogP contribution in [0.1, 0.15) is 22.5 Å². The SMILES string of the molecule is COCc1cccc(Cn2cc(-c3cc(-c4cccc(C)c4C#N)nc(N)n3)nn2)n1. The fourth-order valence-electron chi connectivity index (χ4n) is 3.27. The van der Waals surface area contributed by atoms with E-state index >= 15 is 0 Å². The molecule has 0 saturated carbocycles. The maximum atomic E-state index is 9.55. The molecule has 0 unspecified atom stereocenters. The van der Waals surface area contributed by atoms with Crippen molar-refractivity contribution < 1.29 is 4.74 Å². The average molecular weight is 412 g/mol. The van der Waals surface area contributed by atoms with Crippen molar-refractivity contribution in [2.24, 2.45) is 0 Å². The first kappa shape index (κ1) is 20.1. The molecule has 0 saturated heterocycles. The Bertz CT molecular complexity index is 1270. The summed E-state index contributed by atoms with van der Waals surface area (Å²) in [6, 6.07) is 15.4. The zero-order chi connectivity index (χ0) is 21.8. The summed E-state index contributed by atoms with van der Waals surface area (Å²) in [5.74, 6) is 0.0985. The number of pyridine rings is 1. The second-order valence-electron chi connectivity index (χ2n) is 6.96. The molecule has 0 bridgehead atoms. The molecular weight excluding hydrogens is 392 g/mol. The van der Waals surface area contributed by atoms with E-state index in [4.69, 9.17) is 10.5 Å². The number of hydrogen-bond donors (Lipinski definition) is 1. The van der Waals surface area contributed by atoms with E-state index in [0.717, 1.165) is 17.0 Å². The zero-order valence-corrected chi connectivity index (χ0v) is 17.1. The van der Waals surface area contributed by atoms with Gasteiger partial charge in [0.05, 0.1) is 47.7 Å². The largest absolute Gasteiger partial charge is 0.378 e. The van der Waals surface area contributed by atoms with Gasteiger partial charge in [0.15, 0.2) is 0 Å². The summed E-state index contributed by atoms with van der Waals surface area (Å²) in [5.41, 5.74) is 11.4. The number of benzene rings is 1. The van der Waals surface area contributed by atoms with Crippen LogP contribution in [0.5, 0.6) is 0 Å². The Kier molecular flexibility index (Phi) is 5.64. The Balaban J connectivity index is 1.65. The van der Waals surface area contributed by atoms with E-state index in [1.54, 1.807) is 24.1 Å². The maximum Gasteiger partial charge on any atom is 0.221 e.